The second-order valence-corrected chi connectivity index (χ2v) is 11.7. The molecule has 10 heteroatoms. The van der Waals surface area contributed by atoms with Gasteiger partial charge in [0.15, 0.2) is 0 Å². The Labute approximate surface area is 237 Å². The number of amides is 1. The average molecular weight is 579 g/mol. The molecule has 2 aromatic carbocycles. The van der Waals surface area contributed by atoms with E-state index in [1.165, 1.54) is 6.07 Å². The fourth-order valence-electron chi connectivity index (χ4n) is 5.58. The van der Waals surface area contributed by atoms with E-state index in [0.29, 0.717) is 30.2 Å². The van der Waals surface area contributed by atoms with Crippen molar-refractivity contribution in [3.8, 4) is 5.75 Å². The molecule has 3 fully saturated rings. The zero-order chi connectivity index (χ0) is 28.6. The van der Waals surface area contributed by atoms with Gasteiger partial charge in [-0.25, -0.2) is 18.0 Å². The number of piperidine rings is 1. The van der Waals surface area contributed by atoms with E-state index < -0.39 is 35.6 Å². The number of hydrogen-bond acceptors (Lipinski definition) is 5. The molecule has 2 aliphatic heterocycles. The lowest BCUT2D eigenvalue weighted by Crippen LogP contribution is -2.44. The molecule has 0 bridgehead atoms. The van der Waals surface area contributed by atoms with Crippen molar-refractivity contribution < 1.29 is 32.2 Å². The predicted molar refractivity (Wildman–Crippen MR) is 145 cm³/mol. The van der Waals surface area contributed by atoms with Gasteiger partial charge in [-0.15, -0.1) is 0 Å². The predicted octanol–water partition coefficient (Wildman–Crippen LogP) is 5.77. The van der Waals surface area contributed by atoms with Crippen LogP contribution in [0, 0.1) is 12.7 Å². The molecular formula is C30H34ClF3N2O4. The fourth-order valence-corrected chi connectivity index (χ4v) is 5.88. The number of carbonyl (C=O) groups is 2. The van der Waals surface area contributed by atoms with Gasteiger partial charge in [0.2, 0.25) is 0 Å². The van der Waals surface area contributed by atoms with E-state index in [4.69, 9.17) is 21.1 Å². The van der Waals surface area contributed by atoms with E-state index in [-0.39, 0.29) is 49.6 Å². The van der Waals surface area contributed by atoms with Gasteiger partial charge >= 0.3 is 5.97 Å². The molecule has 0 N–H and O–H groups in total. The maximum absolute atomic E-state index is 15.7. The number of rotatable bonds is 8. The van der Waals surface area contributed by atoms with Gasteiger partial charge in [0.25, 0.3) is 5.91 Å². The molecule has 0 unspecified atom stereocenters. The average Bonchev–Trinajstić information content (AvgIpc) is 3.70. The van der Waals surface area contributed by atoms with E-state index in [9.17, 15) is 14.0 Å². The first kappa shape index (κ1) is 28.7. The van der Waals surface area contributed by atoms with Crippen LogP contribution in [0.15, 0.2) is 30.3 Å². The topological polar surface area (TPSA) is 59.1 Å². The van der Waals surface area contributed by atoms with Crippen LogP contribution in [0.4, 0.5) is 13.2 Å². The summed E-state index contributed by atoms with van der Waals surface area (Å²) in [6, 6.07) is 7.36. The lowest BCUT2D eigenvalue weighted by Gasteiger charge is -2.36. The molecule has 3 aliphatic rings. The van der Waals surface area contributed by atoms with Crippen LogP contribution in [-0.2, 0) is 16.1 Å². The Kier molecular flexibility index (Phi) is 8.34. The molecule has 40 heavy (non-hydrogen) atoms. The van der Waals surface area contributed by atoms with Crippen molar-refractivity contribution in [1.29, 1.82) is 0 Å². The summed E-state index contributed by atoms with van der Waals surface area (Å²) in [5.41, 5.74) is 0.892. The van der Waals surface area contributed by atoms with Gasteiger partial charge in [-0.2, -0.15) is 0 Å². The van der Waals surface area contributed by atoms with Gasteiger partial charge in [0.1, 0.15) is 36.1 Å². The van der Waals surface area contributed by atoms with E-state index in [1.807, 2.05) is 25.1 Å². The van der Waals surface area contributed by atoms with Crippen LogP contribution in [0.25, 0.3) is 0 Å². The SMILES string of the molecule is COC(=O)[C@@H]1C[C@@H](F)CN1C(=O)c1cc(C2CC2)c(OCC2(F)CCN(Cc3ccc(C)cc3Cl)CC2)cc1F. The number of hydrogen-bond donors (Lipinski definition) is 0. The second kappa shape index (κ2) is 11.6. The minimum Gasteiger partial charge on any atom is -0.490 e. The normalized spacial score (nSPS) is 22.8. The Morgan fingerprint density at radius 3 is 2.52 bits per heavy atom. The summed E-state index contributed by atoms with van der Waals surface area (Å²) < 4.78 is 55.7. The third-order valence-electron chi connectivity index (χ3n) is 8.17. The number of likely N-dealkylation sites (tertiary alicyclic amines) is 2. The first-order chi connectivity index (χ1) is 19.1. The van der Waals surface area contributed by atoms with Crippen molar-refractivity contribution in [1.82, 2.24) is 9.80 Å². The third kappa shape index (κ3) is 6.25. The van der Waals surface area contributed by atoms with Crippen molar-refractivity contribution in [2.24, 2.45) is 0 Å². The molecule has 0 aromatic heterocycles. The Bertz CT molecular complexity index is 1280. The van der Waals surface area contributed by atoms with Gasteiger partial charge in [-0.1, -0.05) is 23.7 Å². The summed E-state index contributed by atoms with van der Waals surface area (Å²) in [4.78, 5) is 28.5. The Hall–Kier alpha value is -2.78. The number of alkyl halides is 2. The summed E-state index contributed by atoms with van der Waals surface area (Å²) in [6.45, 7) is 3.15. The monoisotopic (exact) mass is 578 g/mol. The minimum atomic E-state index is -1.57. The Morgan fingerprint density at radius 2 is 1.88 bits per heavy atom. The molecular weight excluding hydrogens is 545 g/mol. The molecule has 6 nitrogen and oxygen atoms in total. The van der Waals surface area contributed by atoms with Crippen molar-refractivity contribution in [2.45, 2.75) is 69.4 Å². The summed E-state index contributed by atoms with van der Waals surface area (Å²) in [7, 11) is 1.16. The zero-order valence-electron chi connectivity index (χ0n) is 22.7. The van der Waals surface area contributed by atoms with Gasteiger partial charge < -0.3 is 14.4 Å². The highest BCUT2D eigenvalue weighted by molar-refractivity contribution is 6.31. The number of benzene rings is 2. The molecule has 0 radical (unpaired) electrons. The number of nitrogens with zero attached hydrogens (tertiary/aromatic N) is 2. The summed E-state index contributed by atoms with van der Waals surface area (Å²) in [5.74, 6) is -2.07. The van der Waals surface area contributed by atoms with E-state index in [0.717, 1.165) is 42.0 Å². The quantitative estimate of drug-likeness (QED) is 0.372. The maximum Gasteiger partial charge on any atom is 0.328 e. The number of aryl methyl sites for hydroxylation is 1. The van der Waals surface area contributed by atoms with Crippen molar-refractivity contribution in [3.05, 3.63) is 63.4 Å². The zero-order valence-corrected chi connectivity index (χ0v) is 23.5. The maximum atomic E-state index is 15.7. The lowest BCUT2D eigenvalue weighted by atomic mass is 9.93. The molecule has 2 heterocycles. The Balaban J connectivity index is 1.25. The molecule has 2 saturated heterocycles. The summed E-state index contributed by atoms with van der Waals surface area (Å²) in [6.07, 6.45) is 0.625. The minimum absolute atomic E-state index is 0.0720. The van der Waals surface area contributed by atoms with Crippen LogP contribution in [-0.4, -0.2) is 72.9 Å². The van der Waals surface area contributed by atoms with Crippen molar-refractivity contribution >= 4 is 23.5 Å². The van der Waals surface area contributed by atoms with Gasteiger partial charge in [0.05, 0.1) is 19.2 Å². The van der Waals surface area contributed by atoms with E-state index >= 15 is 8.78 Å². The Morgan fingerprint density at radius 1 is 1.15 bits per heavy atom. The number of methoxy groups -OCH3 is 1. The highest BCUT2D eigenvalue weighted by atomic mass is 35.5. The number of ether oxygens (including phenoxy) is 2. The molecule has 1 amide bonds. The lowest BCUT2D eigenvalue weighted by molar-refractivity contribution is -0.145. The van der Waals surface area contributed by atoms with Crippen LogP contribution in [0.1, 0.15) is 65.1 Å². The third-order valence-corrected chi connectivity index (χ3v) is 8.52. The largest absolute Gasteiger partial charge is 0.490 e. The first-order valence-electron chi connectivity index (χ1n) is 13.7. The van der Waals surface area contributed by atoms with Crippen LogP contribution in [0.5, 0.6) is 5.75 Å². The number of halogens is 4. The van der Waals surface area contributed by atoms with Gasteiger partial charge in [0, 0.05) is 37.1 Å². The van der Waals surface area contributed by atoms with Gasteiger partial charge in [-0.3, -0.25) is 9.69 Å². The molecule has 1 saturated carbocycles. The van der Waals surface area contributed by atoms with E-state index in [2.05, 4.69) is 4.90 Å². The first-order valence-corrected chi connectivity index (χ1v) is 14.1. The molecule has 216 valence electrons. The summed E-state index contributed by atoms with van der Waals surface area (Å²) in [5, 5.41) is 0.701. The van der Waals surface area contributed by atoms with Crippen LogP contribution >= 0.6 is 11.6 Å². The highest BCUT2D eigenvalue weighted by Gasteiger charge is 2.42. The highest BCUT2D eigenvalue weighted by Crippen LogP contribution is 2.46. The molecule has 2 aromatic rings. The molecule has 1 aliphatic carbocycles. The fraction of sp³-hybridized carbons (Fsp3) is 0.533. The molecule has 2 atom stereocenters. The van der Waals surface area contributed by atoms with E-state index in [1.54, 1.807) is 0 Å². The van der Waals surface area contributed by atoms with Crippen LogP contribution in [0.2, 0.25) is 5.02 Å². The smallest absolute Gasteiger partial charge is 0.328 e. The van der Waals surface area contributed by atoms with Crippen molar-refractivity contribution in [3.63, 3.8) is 0 Å². The molecule has 5 rings (SSSR count). The second-order valence-electron chi connectivity index (χ2n) is 11.3. The van der Waals surface area contributed by atoms with Crippen molar-refractivity contribution in [2.75, 3.05) is 33.4 Å². The number of carbonyl (C=O) groups excluding carboxylic acids is 2. The van der Waals surface area contributed by atoms with Gasteiger partial charge in [-0.05, 0) is 67.3 Å². The van der Waals surface area contributed by atoms with Crippen LogP contribution < -0.4 is 4.74 Å². The molecule has 0 spiro atoms. The van der Waals surface area contributed by atoms with Crippen LogP contribution in [0.3, 0.4) is 0 Å². The standard InChI is InChI=1S/C30H34ClF3N2O4/c1-18-3-4-20(24(31)11-18)15-35-9-7-30(34,8-10-35)17-40-27-14-25(33)23(13-22(27)19-5-6-19)28(37)36-16-21(32)12-26(36)29(38)39-2/h3-4,11,13-14,19,21,26H,5-10,12,15-17H2,1-2H3/t21-,26+/m1/s1. The number of esters is 1. The summed E-state index contributed by atoms with van der Waals surface area (Å²) >= 11 is 6.37.